The van der Waals surface area contributed by atoms with Crippen molar-refractivity contribution in [1.29, 1.82) is 0 Å². The molecule has 0 amide bonds. The summed E-state index contributed by atoms with van der Waals surface area (Å²) < 4.78 is 10.0. The van der Waals surface area contributed by atoms with Crippen molar-refractivity contribution in [3.8, 4) is 11.8 Å². The van der Waals surface area contributed by atoms with E-state index in [4.69, 9.17) is 9.47 Å². The summed E-state index contributed by atoms with van der Waals surface area (Å²) in [5.74, 6) is 0.615. The molecule has 94 valence electrons. The summed E-state index contributed by atoms with van der Waals surface area (Å²) in [6.45, 7) is 0. The van der Waals surface area contributed by atoms with Gasteiger partial charge in [0, 0.05) is 18.5 Å². The van der Waals surface area contributed by atoms with Crippen molar-refractivity contribution in [1.82, 2.24) is 19.9 Å². The van der Waals surface area contributed by atoms with Gasteiger partial charge in [-0.2, -0.15) is 0 Å². The smallest absolute Gasteiger partial charge is 0.238 e. The van der Waals surface area contributed by atoms with Crippen molar-refractivity contribution < 1.29 is 14.6 Å². The summed E-state index contributed by atoms with van der Waals surface area (Å²) in [7, 11) is 2.95. The SMILES string of the molecule is COc1cc(C(O)c2nccnc2OC)ncn1. The third-order valence-corrected chi connectivity index (χ3v) is 2.30. The first kappa shape index (κ1) is 12.2. The highest BCUT2D eigenvalue weighted by molar-refractivity contribution is 5.28. The van der Waals surface area contributed by atoms with Crippen LogP contribution in [0.4, 0.5) is 0 Å². The molecule has 0 aromatic carbocycles. The second-order valence-corrected chi connectivity index (χ2v) is 3.34. The fourth-order valence-corrected chi connectivity index (χ4v) is 1.44. The minimum atomic E-state index is -1.05. The first-order valence-electron chi connectivity index (χ1n) is 5.15. The molecular formula is C11H12N4O3. The molecule has 2 aromatic rings. The topological polar surface area (TPSA) is 90.2 Å². The molecule has 0 saturated heterocycles. The molecular weight excluding hydrogens is 236 g/mol. The zero-order chi connectivity index (χ0) is 13.0. The van der Waals surface area contributed by atoms with Gasteiger partial charge in [0.1, 0.15) is 18.1 Å². The van der Waals surface area contributed by atoms with Gasteiger partial charge in [0.25, 0.3) is 0 Å². The van der Waals surface area contributed by atoms with Crippen molar-refractivity contribution in [2.75, 3.05) is 14.2 Å². The Morgan fingerprint density at radius 2 is 1.83 bits per heavy atom. The zero-order valence-electron chi connectivity index (χ0n) is 9.94. The Kier molecular flexibility index (Phi) is 3.63. The second-order valence-electron chi connectivity index (χ2n) is 3.34. The Morgan fingerprint density at radius 3 is 2.56 bits per heavy atom. The van der Waals surface area contributed by atoms with E-state index in [-0.39, 0.29) is 5.88 Å². The van der Waals surface area contributed by atoms with Crippen molar-refractivity contribution in [3.05, 3.63) is 36.2 Å². The normalized spacial score (nSPS) is 11.9. The van der Waals surface area contributed by atoms with Crippen molar-refractivity contribution in [3.63, 3.8) is 0 Å². The molecule has 0 fully saturated rings. The summed E-state index contributed by atoms with van der Waals surface area (Å²) in [5, 5.41) is 10.2. The maximum atomic E-state index is 10.2. The lowest BCUT2D eigenvalue weighted by Crippen LogP contribution is -2.08. The summed E-state index contributed by atoms with van der Waals surface area (Å²) in [6, 6.07) is 1.53. The summed E-state index contributed by atoms with van der Waals surface area (Å²) in [5.41, 5.74) is 0.654. The van der Waals surface area contributed by atoms with E-state index < -0.39 is 6.10 Å². The second kappa shape index (κ2) is 5.37. The molecule has 7 nitrogen and oxygen atoms in total. The van der Waals surface area contributed by atoms with Crippen molar-refractivity contribution in [2.45, 2.75) is 6.10 Å². The Labute approximate surface area is 103 Å². The van der Waals surface area contributed by atoms with Crippen LogP contribution in [0, 0.1) is 0 Å². The number of rotatable bonds is 4. The lowest BCUT2D eigenvalue weighted by molar-refractivity contribution is 0.202. The monoisotopic (exact) mass is 248 g/mol. The third kappa shape index (κ3) is 2.35. The van der Waals surface area contributed by atoms with E-state index in [2.05, 4.69) is 19.9 Å². The van der Waals surface area contributed by atoms with Crippen LogP contribution in [-0.2, 0) is 0 Å². The van der Waals surface area contributed by atoms with Gasteiger partial charge >= 0.3 is 0 Å². The predicted octanol–water partition coefficient (Wildman–Crippen LogP) is 0.365. The number of hydrogen-bond donors (Lipinski definition) is 1. The molecule has 0 aliphatic carbocycles. The van der Waals surface area contributed by atoms with Crippen LogP contribution in [0.1, 0.15) is 17.5 Å². The molecule has 0 aliphatic heterocycles. The highest BCUT2D eigenvalue weighted by Crippen LogP contribution is 2.25. The van der Waals surface area contributed by atoms with Crippen LogP contribution in [0.15, 0.2) is 24.8 Å². The van der Waals surface area contributed by atoms with E-state index in [1.54, 1.807) is 0 Å². The molecule has 1 unspecified atom stereocenters. The molecule has 7 heteroatoms. The average Bonchev–Trinajstić information content (AvgIpc) is 2.46. The van der Waals surface area contributed by atoms with Gasteiger partial charge in [0.05, 0.1) is 19.9 Å². The fraction of sp³-hybridized carbons (Fsp3) is 0.273. The van der Waals surface area contributed by atoms with Gasteiger partial charge < -0.3 is 14.6 Å². The van der Waals surface area contributed by atoms with E-state index in [9.17, 15) is 5.11 Å². The maximum Gasteiger partial charge on any atom is 0.238 e. The molecule has 1 atom stereocenters. The number of aliphatic hydroxyl groups excluding tert-OH is 1. The maximum absolute atomic E-state index is 10.2. The molecule has 0 saturated carbocycles. The molecule has 0 radical (unpaired) electrons. The summed E-state index contributed by atoms with van der Waals surface area (Å²) in [4.78, 5) is 15.8. The molecule has 0 spiro atoms. The number of aromatic nitrogens is 4. The molecule has 18 heavy (non-hydrogen) atoms. The fourth-order valence-electron chi connectivity index (χ4n) is 1.44. The molecule has 2 aromatic heterocycles. The van der Waals surface area contributed by atoms with Gasteiger partial charge in [0.15, 0.2) is 0 Å². The average molecular weight is 248 g/mol. The van der Waals surface area contributed by atoms with Gasteiger partial charge in [-0.25, -0.2) is 15.0 Å². The van der Waals surface area contributed by atoms with Gasteiger partial charge in [-0.1, -0.05) is 0 Å². The quantitative estimate of drug-likeness (QED) is 0.835. The predicted molar refractivity (Wildman–Crippen MR) is 61.2 cm³/mol. The number of hydrogen-bond acceptors (Lipinski definition) is 7. The molecule has 0 aliphatic rings. The van der Waals surface area contributed by atoms with E-state index >= 15 is 0 Å². The standard InChI is InChI=1S/C11H12N4O3/c1-17-8-5-7(14-6-15-8)10(16)9-11(18-2)13-4-3-12-9/h3-6,10,16H,1-2H3. The van der Waals surface area contributed by atoms with Crippen LogP contribution in [0.3, 0.4) is 0 Å². The number of aliphatic hydroxyl groups is 1. The number of methoxy groups -OCH3 is 2. The highest BCUT2D eigenvalue weighted by Gasteiger charge is 2.19. The molecule has 2 heterocycles. The van der Waals surface area contributed by atoms with Gasteiger partial charge in [-0.3, -0.25) is 4.98 Å². The van der Waals surface area contributed by atoms with E-state index in [1.165, 1.54) is 39.0 Å². The Morgan fingerprint density at radius 1 is 1.06 bits per heavy atom. The largest absolute Gasteiger partial charge is 0.481 e. The van der Waals surface area contributed by atoms with Crippen LogP contribution in [0.25, 0.3) is 0 Å². The van der Waals surface area contributed by atoms with Crippen LogP contribution < -0.4 is 9.47 Å². The highest BCUT2D eigenvalue weighted by atomic mass is 16.5. The molecule has 2 rings (SSSR count). The van der Waals surface area contributed by atoms with E-state index in [1.807, 2.05) is 0 Å². The first-order chi connectivity index (χ1) is 8.76. The van der Waals surface area contributed by atoms with E-state index in [0.717, 1.165) is 0 Å². The van der Waals surface area contributed by atoms with Crippen LogP contribution in [0.5, 0.6) is 11.8 Å². The summed E-state index contributed by atoms with van der Waals surface area (Å²) >= 11 is 0. The number of ether oxygens (including phenoxy) is 2. The molecule has 0 bridgehead atoms. The van der Waals surface area contributed by atoms with Crippen LogP contribution >= 0.6 is 0 Å². The van der Waals surface area contributed by atoms with Crippen LogP contribution in [0.2, 0.25) is 0 Å². The minimum absolute atomic E-state index is 0.252. The van der Waals surface area contributed by atoms with E-state index in [0.29, 0.717) is 17.3 Å². The van der Waals surface area contributed by atoms with Crippen LogP contribution in [-0.4, -0.2) is 39.3 Å². The van der Waals surface area contributed by atoms with Gasteiger partial charge in [0.2, 0.25) is 11.8 Å². The van der Waals surface area contributed by atoms with Gasteiger partial charge in [-0.15, -0.1) is 0 Å². The summed E-state index contributed by atoms with van der Waals surface area (Å²) in [6.07, 6.45) is 3.21. The Hall–Kier alpha value is -2.28. The Balaban J connectivity index is 2.37. The zero-order valence-corrected chi connectivity index (χ0v) is 9.94. The Bertz CT molecular complexity index is 535. The number of nitrogens with zero attached hydrogens (tertiary/aromatic N) is 4. The van der Waals surface area contributed by atoms with Crippen molar-refractivity contribution in [2.24, 2.45) is 0 Å². The van der Waals surface area contributed by atoms with Gasteiger partial charge in [-0.05, 0) is 0 Å². The minimum Gasteiger partial charge on any atom is -0.481 e. The van der Waals surface area contributed by atoms with Crippen molar-refractivity contribution >= 4 is 0 Å². The first-order valence-corrected chi connectivity index (χ1v) is 5.15. The lowest BCUT2D eigenvalue weighted by atomic mass is 10.2. The lowest BCUT2D eigenvalue weighted by Gasteiger charge is -2.12. The third-order valence-electron chi connectivity index (χ3n) is 2.30. The molecule has 1 N–H and O–H groups in total.